The van der Waals surface area contributed by atoms with E-state index in [1.807, 2.05) is 47.8 Å². The average Bonchev–Trinajstić information content (AvgIpc) is 3.10. The molecule has 2 heterocycles. The van der Waals surface area contributed by atoms with Crippen molar-refractivity contribution in [3.63, 3.8) is 0 Å². The van der Waals surface area contributed by atoms with Crippen LogP contribution < -0.4 is 10.3 Å². The van der Waals surface area contributed by atoms with Gasteiger partial charge in [-0.05, 0) is 35.7 Å². The van der Waals surface area contributed by atoms with Gasteiger partial charge < -0.3 is 4.74 Å². The molecular formula is C21H18N2O2S. The highest BCUT2D eigenvalue weighted by molar-refractivity contribution is 7.17. The number of aryl methyl sites for hydroxylation is 1. The molecule has 0 aliphatic heterocycles. The van der Waals surface area contributed by atoms with Gasteiger partial charge in [0.1, 0.15) is 10.6 Å². The molecule has 26 heavy (non-hydrogen) atoms. The zero-order chi connectivity index (χ0) is 18.1. The molecule has 0 amide bonds. The number of ether oxygens (including phenoxy) is 1. The number of hydrogen-bond donors (Lipinski definition) is 0. The van der Waals surface area contributed by atoms with Crippen LogP contribution in [0.15, 0.2) is 65.0 Å². The molecule has 2 aromatic carbocycles. The minimum atomic E-state index is -0.00896. The summed E-state index contributed by atoms with van der Waals surface area (Å²) in [6.45, 7) is 2.58. The number of fused-ring (bicyclic) bond motifs is 1. The quantitative estimate of drug-likeness (QED) is 0.537. The first kappa shape index (κ1) is 16.5. The van der Waals surface area contributed by atoms with Crippen molar-refractivity contribution in [2.45, 2.75) is 13.5 Å². The first-order chi connectivity index (χ1) is 12.7. The van der Waals surface area contributed by atoms with E-state index in [2.05, 4.69) is 18.0 Å². The van der Waals surface area contributed by atoms with Crippen molar-refractivity contribution in [2.24, 2.45) is 0 Å². The molecule has 0 unspecified atom stereocenters. The van der Waals surface area contributed by atoms with E-state index < -0.39 is 0 Å². The van der Waals surface area contributed by atoms with Crippen LogP contribution in [0, 0.1) is 6.92 Å². The van der Waals surface area contributed by atoms with Gasteiger partial charge in [-0.15, -0.1) is 11.3 Å². The number of rotatable bonds is 4. The highest BCUT2D eigenvalue weighted by Gasteiger charge is 2.14. The number of benzene rings is 2. The van der Waals surface area contributed by atoms with Crippen molar-refractivity contribution in [1.29, 1.82) is 0 Å². The Morgan fingerprint density at radius 3 is 2.62 bits per heavy atom. The number of aromatic nitrogens is 2. The molecule has 2 aromatic heterocycles. The van der Waals surface area contributed by atoms with Gasteiger partial charge in [-0.3, -0.25) is 9.36 Å². The summed E-state index contributed by atoms with van der Waals surface area (Å²) >= 11 is 1.50. The molecule has 0 radical (unpaired) electrons. The van der Waals surface area contributed by atoms with E-state index in [0.29, 0.717) is 11.9 Å². The van der Waals surface area contributed by atoms with Crippen LogP contribution in [-0.4, -0.2) is 16.7 Å². The lowest BCUT2D eigenvalue weighted by molar-refractivity contribution is 0.415. The Hall–Kier alpha value is -2.92. The summed E-state index contributed by atoms with van der Waals surface area (Å²) < 4.78 is 6.90. The van der Waals surface area contributed by atoms with E-state index in [9.17, 15) is 4.79 Å². The summed E-state index contributed by atoms with van der Waals surface area (Å²) in [6, 6.07) is 15.8. The third-order valence-electron chi connectivity index (χ3n) is 4.56. The predicted molar refractivity (Wildman–Crippen MR) is 106 cm³/mol. The molecule has 0 aliphatic carbocycles. The summed E-state index contributed by atoms with van der Waals surface area (Å²) in [5.74, 6) is 0.795. The van der Waals surface area contributed by atoms with Crippen LogP contribution in [-0.2, 0) is 6.54 Å². The first-order valence-electron chi connectivity index (χ1n) is 8.33. The summed E-state index contributed by atoms with van der Waals surface area (Å²) in [6.07, 6.45) is 1.64. The average molecular weight is 362 g/mol. The Balaban J connectivity index is 1.81. The molecule has 0 atom stereocenters. The first-order valence-corrected chi connectivity index (χ1v) is 9.21. The van der Waals surface area contributed by atoms with Gasteiger partial charge in [0.15, 0.2) is 0 Å². The monoisotopic (exact) mass is 362 g/mol. The Morgan fingerprint density at radius 1 is 1.12 bits per heavy atom. The SMILES string of the molecule is COc1ccc(-c2csc3ncn(Cc4ccccc4C)c(=O)c23)cc1. The van der Waals surface area contributed by atoms with E-state index in [0.717, 1.165) is 27.3 Å². The normalized spacial score (nSPS) is 11.0. The second kappa shape index (κ2) is 6.77. The third-order valence-corrected chi connectivity index (χ3v) is 5.45. The van der Waals surface area contributed by atoms with Crippen molar-refractivity contribution in [3.05, 3.63) is 81.7 Å². The molecule has 0 N–H and O–H groups in total. The van der Waals surface area contributed by atoms with E-state index in [1.54, 1.807) is 18.0 Å². The van der Waals surface area contributed by atoms with Crippen LogP contribution in [0.1, 0.15) is 11.1 Å². The molecule has 0 saturated carbocycles. The molecule has 0 fully saturated rings. The van der Waals surface area contributed by atoms with Crippen LogP contribution >= 0.6 is 11.3 Å². The van der Waals surface area contributed by atoms with E-state index in [1.165, 1.54) is 16.9 Å². The fourth-order valence-corrected chi connectivity index (χ4v) is 3.94. The molecular weight excluding hydrogens is 344 g/mol. The fraction of sp³-hybridized carbons (Fsp3) is 0.143. The summed E-state index contributed by atoms with van der Waals surface area (Å²) in [5.41, 5.74) is 4.19. The second-order valence-corrected chi connectivity index (χ2v) is 7.02. The molecule has 5 heteroatoms. The summed E-state index contributed by atoms with van der Waals surface area (Å²) in [4.78, 5) is 18.4. The van der Waals surface area contributed by atoms with Crippen molar-refractivity contribution in [2.75, 3.05) is 7.11 Å². The molecule has 130 valence electrons. The van der Waals surface area contributed by atoms with Crippen molar-refractivity contribution >= 4 is 21.6 Å². The maximum atomic E-state index is 13.1. The molecule has 0 spiro atoms. The minimum Gasteiger partial charge on any atom is -0.497 e. The number of nitrogens with zero attached hydrogens (tertiary/aromatic N) is 2. The highest BCUT2D eigenvalue weighted by atomic mass is 32.1. The van der Waals surface area contributed by atoms with Gasteiger partial charge in [0.05, 0.1) is 25.4 Å². The number of thiophene rings is 1. The van der Waals surface area contributed by atoms with Gasteiger partial charge in [0.25, 0.3) is 5.56 Å². The van der Waals surface area contributed by atoms with Gasteiger partial charge in [-0.2, -0.15) is 0 Å². The largest absolute Gasteiger partial charge is 0.497 e. The number of methoxy groups -OCH3 is 1. The maximum absolute atomic E-state index is 13.1. The summed E-state index contributed by atoms with van der Waals surface area (Å²) in [7, 11) is 1.64. The molecule has 0 bridgehead atoms. The van der Waals surface area contributed by atoms with Gasteiger partial charge >= 0.3 is 0 Å². The molecule has 0 saturated heterocycles. The van der Waals surface area contributed by atoms with Crippen LogP contribution in [0.5, 0.6) is 5.75 Å². The molecule has 4 nitrogen and oxygen atoms in total. The van der Waals surface area contributed by atoms with E-state index in [4.69, 9.17) is 4.74 Å². The lowest BCUT2D eigenvalue weighted by Crippen LogP contribution is -2.21. The van der Waals surface area contributed by atoms with E-state index in [-0.39, 0.29) is 5.56 Å². The topological polar surface area (TPSA) is 44.1 Å². The molecule has 4 rings (SSSR count). The van der Waals surface area contributed by atoms with Gasteiger partial charge in [-0.1, -0.05) is 36.4 Å². The standard InChI is InChI=1S/C21H18N2O2S/c1-14-5-3-4-6-16(14)11-23-13-22-20-19(21(23)24)18(12-26-20)15-7-9-17(25-2)10-8-15/h3-10,12-13H,11H2,1-2H3. The van der Waals surface area contributed by atoms with Crippen LogP contribution in [0.3, 0.4) is 0 Å². The molecule has 4 aromatic rings. The zero-order valence-electron chi connectivity index (χ0n) is 14.6. The van der Waals surface area contributed by atoms with Crippen LogP contribution in [0.4, 0.5) is 0 Å². The maximum Gasteiger partial charge on any atom is 0.263 e. The van der Waals surface area contributed by atoms with Gasteiger partial charge in [-0.25, -0.2) is 4.98 Å². The van der Waals surface area contributed by atoms with Crippen LogP contribution in [0.2, 0.25) is 0 Å². The van der Waals surface area contributed by atoms with E-state index >= 15 is 0 Å². The Labute approximate surface area is 155 Å². The molecule has 0 aliphatic rings. The fourth-order valence-electron chi connectivity index (χ4n) is 3.03. The predicted octanol–water partition coefficient (Wildman–Crippen LogP) is 4.49. The van der Waals surface area contributed by atoms with Gasteiger partial charge in [0.2, 0.25) is 0 Å². The Morgan fingerprint density at radius 2 is 1.88 bits per heavy atom. The van der Waals surface area contributed by atoms with Crippen molar-refractivity contribution < 1.29 is 4.74 Å². The smallest absolute Gasteiger partial charge is 0.263 e. The zero-order valence-corrected chi connectivity index (χ0v) is 15.4. The highest BCUT2D eigenvalue weighted by Crippen LogP contribution is 2.31. The lowest BCUT2D eigenvalue weighted by Gasteiger charge is -2.09. The Bertz CT molecular complexity index is 1130. The second-order valence-electron chi connectivity index (χ2n) is 6.16. The van der Waals surface area contributed by atoms with Crippen LogP contribution in [0.25, 0.3) is 21.3 Å². The lowest BCUT2D eigenvalue weighted by atomic mass is 10.1. The minimum absolute atomic E-state index is 0.00896. The Kier molecular flexibility index (Phi) is 4.31. The summed E-state index contributed by atoms with van der Waals surface area (Å²) in [5, 5.41) is 2.68. The number of hydrogen-bond acceptors (Lipinski definition) is 4. The van der Waals surface area contributed by atoms with Crippen molar-refractivity contribution in [1.82, 2.24) is 9.55 Å². The van der Waals surface area contributed by atoms with Gasteiger partial charge in [0, 0.05) is 10.9 Å². The van der Waals surface area contributed by atoms with Crippen molar-refractivity contribution in [3.8, 4) is 16.9 Å². The third kappa shape index (κ3) is 2.91.